The summed E-state index contributed by atoms with van der Waals surface area (Å²) in [5.74, 6) is -1.60. The van der Waals surface area contributed by atoms with E-state index in [0.717, 1.165) is 0 Å². The van der Waals surface area contributed by atoms with Gasteiger partial charge in [0.05, 0.1) is 11.6 Å². The van der Waals surface area contributed by atoms with E-state index in [1.165, 1.54) is 17.7 Å². The SMILES string of the molecule is CC(C(=O)O)c1cc(=O)[nH]n1C. The van der Waals surface area contributed by atoms with E-state index in [9.17, 15) is 9.59 Å². The summed E-state index contributed by atoms with van der Waals surface area (Å²) in [6.45, 7) is 1.53. The summed E-state index contributed by atoms with van der Waals surface area (Å²) in [6, 6.07) is 1.29. The quantitative estimate of drug-likeness (QED) is 0.650. The summed E-state index contributed by atoms with van der Waals surface area (Å²) in [5, 5.41) is 11.1. The first kappa shape index (κ1) is 8.58. The van der Waals surface area contributed by atoms with E-state index in [-0.39, 0.29) is 5.56 Å². The number of carboxylic acids is 1. The second-order valence-electron chi connectivity index (χ2n) is 2.66. The Labute approximate surface area is 68.6 Å². The molecule has 0 bridgehead atoms. The van der Waals surface area contributed by atoms with Gasteiger partial charge in [0.2, 0.25) is 0 Å². The van der Waals surface area contributed by atoms with Crippen molar-refractivity contribution in [3.8, 4) is 0 Å². The van der Waals surface area contributed by atoms with Gasteiger partial charge in [0, 0.05) is 13.1 Å². The number of carbonyl (C=O) groups is 1. The molecule has 0 fully saturated rings. The topological polar surface area (TPSA) is 75.1 Å². The standard InChI is InChI=1S/C7H10N2O3/c1-4(7(11)12)5-3-6(10)8-9(5)2/h3-4H,1-2H3,(H,8,10)(H,11,12). The van der Waals surface area contributed by atoms with Gasteiger partial charge in [-0.3, -0.25) is 19.4 Å². The number of aliphatic carboxylic acids is 1. The van der Waals surface area contributed by atoms with E-state index in [4.69, 9.17) is 5.11 Å². The molecular formula is C7H10N2O3. The highest BCUT2D eigenvalue weighted by atomic mass is 16.4. The minimum Gasteiger partial charge on any atom is -0.481 e. The lowest BCUT2D eigenvalue weighted by molar-refractivity contribution is -0.138. The van der Waals surface area contributed by atoms with Crippen molar-refractivity contribution in [2.45, 2.75) is 12.8 Å². The van der Waals surface area contributed by atoms with E-state index >= 15 is 0 Å². The van der Waals surface area contributed by atoms with Gasteiger partial charge < -0.3 is 5.11 Å². The Balaban J connectivity index is 3.10. The van der Waals surface area contributed by atoms with Crippen molar-refractivity contribution in [3.63, 3.8) is 0 Å². The number of carboxylic acid groups (broad SMARTS) is 1. The highest BCUT2D eigenvalue weighted by Crippen LogP contribution is 2.11. The molecule has 0 saturated carbocycles. The van der Waals surface area contributed by atoms with Crippen LogP contribution in [0.2, 0.25) is 0 Å². The zero-order chi connectivity index (χ0) is 9.30. The lowest BCUT2D eigenvalue weighted by Gasteiger charge is -2.05. The zero-order valence-corrected chi connectivity index (χ0v) is 6.87. The van der Waals surface area contributed by atoms with Gasteiger partial charge >= 0.3 is 5.97 Å². The van der Waals surface area contributed by atoms with Crippen molar-refractivity contribution < 1.29 is 9.90 Å². The molecule has 1 heterocycles. The Morgan fingerprint density at radius 2 is 2.33 bits per heavy atom. The van der Waals surface area contributed by atoms with Crippen LogP contribution in [0.5, 0.6) is 0 Å². The smallest absolute Gasteiger partial charge is 0.312 e. The molecule has 0 amide bonds. The predicted molar refractivity (Wildman–Crippen MR) is 42.1 cm³/mol. The maximum absolute atomic E-state index is 10.8. The molecule has 0 aromatic carbocycles. The van der Waals surface area contributed by atoms with E-state index in [0.29, 0.717) is 5.69 Å². The van der Waals surface area contributed by atoms with E-state index in [1.54, 1.807) is 7.05 Å². The van der Waals surface area contributed by atoms with Gasteiger partial charge in [-0.05, 0) is 6.92 Å². The normalized spacial score (nSPS) is 12.8. The van der Waals surface area contributed by atoms with Crippen LogP contribution in [0.25, 0.3) is 0 Å². The van der Waals surface area contributed by atoms with Gasteiger partial charge in [-0.1, -0.05) is 0 Å². The Hall–Kier alpha value is -1.52. The lowest BCUT2D eigenvalue weighted by atomic mass is 10.1. The third-order valence-electron chi connectivity index (χ3n) is 1.76. The summed E-state index contributed by atoms with van der Waals surface area (Å²) >= 11 is 0. The van der Waals surface area contributed by atoms with Gasteiger partial charge in [0.25, 0.3) is 5.56 Å². The van der Waals surface area contributed by atoms with Crippen molar-refractivity contribution in [2.75, 3.05) is 0 Å². The van der Waals surface area contributed by atoms with Crippen molar-refractivity contribution in [1.29, 1.82) is 0 Å². The number of hydrogen-bond donors (Lipinski definition) is 2. The molecule has 12 heavy (non-hydrogen) atoms. The minimum absolute atomic E-state index is 0.277. The Morgan fingerprint density at radius 3 is 2.67 bits per heavy atom. The minimum atomic E-state index is -0.940. The largest absolute Gasteiger partial charge is 0.481 e. The maximum Gasteiger partial charge on any atom is 0.312 e. The Bertz CT molecular complexity index is 350. The van der Waals surface area contributed by atoms with E-state index in [2.05, 4.69) is 5.10 Å². The summed E-state index contributed by atoms with van der Waals surface area (Å²) in [4.78, 5) is 21.3. The van der Waals surface area contributed by atoms with Crippen LogP contribution >= 0.6 is 0 Å². The molecule has 5 nitrogen and oxygen atoms in total. The highest BCUT2D eigenvalue weighted by Gasteiger charge is 2.17. The first-order valence-electron chi connectivity index (χ1n) is 3.51. The molecule has 0 aliphatic rings. The molecule has 5 heteroatoms. The monoisotopic (exact) mass is 170 g/mol. The second-order valence-corrected chi connectivity index (χ2v) is 2.66. The molecule has 66 valence electrons. The molecule has 1 rings (SSSR count). The van der Waals surface area contributed by atoms with Crippen LogP contribution in [0, 0.1) is 0 Å². The molecular weight excluding hydrogens is 160 g/mol. The number of aryl methyl sites for hydroxylation is 1. The average Bonchev–Trinajstić information content (AvgIpc) is 2.28. The number of nitrogens with zero attached hydrogens (tertiary/aromatic N) is 1. The number of nitrogens with one attached hydrogen (secondary N) is 1. The molecule has 1 aromatic rings. The maximum atomic E-state index is 10.8. The number of H-pyrrole nitrogens is 1. The number of hydrogen-bond acceptors (Lipinski definition) is 2. The van der Waals surface area contributed by atoms with Crippen LogP contribution in [0.15, 0.2) is 10.9 Å². The molecule has 0 saturated heterocycles. The molecule has 2 N–H and O–H groups in total. The van der Waals surface area contributed by atoms with Crippen LogP contribution < -0.4 is 5.56 Å². The van der Waals surface area contributed by atoms with Crippen molar-refractivity contribution in [2.24, 2.45) is 7.05 Å². The van der Waals surface area contributed by atoms with Crippen molar-refractivity contribution in [1.82, 2.24) is 9.78 Å². The average molecular weight is 170 g/mol. The van der Waals surface area contributed by atoms with Crippen LogP contribution in [0.4, 0.5) is 0 Å². The molecule has 1 unspecified atom stereocenters. The fraction of sp³-hybridized carbons (Fsp3) is 0.429. The van der Waals surface area contributed by atoms with Gasteiger partial charge in [0.15, 0.2) is 0 Å². The van der Waals surface area contributed by atoms with Crippen LogP contribution in [0.3, 0.4) is 0 Å². The molecule has 1 atom stereocenters. The van der Waals surface area contributed by atoms with Crippen LogP contribution in [0.1, 0.15) is 18.5 Å². The van der Waals surface area contributed by atoms with Crippen molar-refractivity contribution in [3.05, 3.63) is 22.1 Å². The molecule has 1 aromatic heterocycles. The second kappa shape index (κ2) is 2.84. The van der Waals surface area contributed by atoms with E-state index in [1.807, 2.05) is 0 Å². The van der Waals surface area contributed by atoms with Crippen LogP contribution in [-0.4, -0.2) is 20.9 Å². The Morgan fingerprint density at radius 1 is 1.75 bits per heavy atom. The molecule has 0 radical (unpaired) electrons. The van der Waals surface area contributed by atoms with Crippen molar-refractivity contribution >= 4 is 5.97 Å². The number of rotatable bonds is 2. The lowest BCUT2D eigenvalue weighted by Crippen LogP contribution is -2.11. The summed E-state index contributed by atoms with van der Waals surface area (Å²) in [7, 11) is 1.61. The summed E-state index contributed by atoms with van der Waals surface area (Å²) in [6.07, 6.45) is 0. The molecule has 0 aliphatic carbocycles. The first-order chi connectivity index (χ1) is 5.52. The highest BCUT2D eigenvalue weighted by molar-refractivity contribution is 5.74. The number of aromatic nitrogens is 2. The van der Waals surface area contributed by atoms with Gasteiger partial charge in [-0.15, -0.1) is 0 Å². The fourth-order valence-electron chi connectivity index (χ4n) is 1.04. The van der Waals surface area contributed by atoms with Gasteiger partial charge in [-0.25, -0.2) is 0 Å². The predicted octanol–water partition coefficient (Wildman–Crippen LogP) is -0.0985. The van der Waals surface area contributed by atoms with Crippen LogP contribution in [-0.2, 0) is 11.8 Å². The zero-order valence-electron chi connectivity index (χ0n) is 6.87. The fourth-order valence-corrected chi connectivity index (χ4v) is 1.04. The van der Waals surface area contributed by atoms with E-state index < -0.39 is 11.9 Å². The first-order valence-corrected chi connectivity index (χ1v) is 3.51. The third-order valence-corrected chi connectivity index (χ3v) is 1.76. The van der Waals surface area contributed by atoms with Gasteiger partial charge in [-0.2, -0.15) is 0 Å². The summed E-state index contributed by atoms with van der Waals surface area (Å²) < 4.78 is 1.42. The summed E-state index contributed by atoms with van der Waals surface area (Å²) in [5.41, 5.74) is 0.202. The Kier molecular flexibility index (Phi) is 2.03. The molecule has 0 aliphatic heterocycles. The van der Waals surface area contributed by atoms with Gasteiger partial charge in [0.1, 0.15) is 0 Å². The molecule has 0 spiro atoms. The third kappa shape index (κ3) is 1.39. The number of aromatic amines is 1.